The van der Waals surface area contributed by atoms with Gasteiger partial charge in [-0.3, -0.25) is 9.78 Å². The molecule has 2 heterocycles. The third-order valence-corrected chi connectivity index (χ3v) is 6.40. The van der Waals surface area contributed by atoms with Gasteiger partial charge in [-0.25, -0.2) is 0 Å². The third-order valence-electron chi connectivity index (χ3n) is 6.40. The van der Waals surface area contributed by atoms with Gasteiger partial charge in [0.1, 0.15) is 6.04 Å². The van der Waals surface area contributed by atoms with Crippen LogP contribution in [0, 0.1) is 29.1 Å². The summed E-state index contributed by atoms with van der Waals surface area (Å²) in [5, 5.41) is 19.7. The molecule has 0 radical (unpaired) electrons. The summed E-state index contributed by atoms with van der Waals surface area (Å²) < 4.78 is 0. The number of hydrogen-bond acceptors (Lipinski definition) is 4. The number of carbonyl (C=O) groups excluding carboxylic acids is 1. The van der Waals surface area contributed by atoms with E-state index in [1.807, 2.05) is 30.3 Å². The molecule has 2 aromatic rings. The van der Waals surface area contributed by atoms with Crippen molar-refractivity contribution in [2.45, 2.75) is 56.5 Å². The molecular weight excluding hydrogens is 386 g/mol. The van der Waals surface area contributed by atoms with Crippen molar-refractivity contribution < 1.29 is 9.90 Å². The number of nitrogens with zero attached hydrogens (tertiary/aromatic N) is 3. The Bertz CT molecular complexity index is 995. The predicted molar refractivity (Wildman–Crippen MR) is 118 cm³/mol. The van der Waals surface area contributed by atoms with Gasteiger partial charge in [-0.05, 0) is 42.7 Å². The SMILES string of the molecule is N#C[C@H]1[C@@H](c2ccc(C#CC3CCCCC3)cc2)[C@H](CO)N1C(=O)Cc1ccccn1. The maximum Gasteiger partial charge on any atom is 0.230 e. The smallest absolute Gasteiger partial charge is 0.230 e. The minimum atomic E-state index is -0.590. The first kappa shape index (κ1) is 21.1. The number of rotatable bonds is 4. The molecule has 0 bridgehead atoms. The molecule has 31 heavy (non-hydrogen) atoms. The van der Waals surface area contributed by atoms with Gasteiger partial charge in [0.15, 0.2) is 0 Å². The monoisotopic (exact) mass is 413 g/mol. The topological polar surface area (TPSA) is 77.2 Å². The molecule has 1 amide bonds. The van der Waals surface area contributed by atoms with Crippen LogP contribution >= 0.6 is 0 Å². The summed E-state index contributed by atoms with van der Waals surface area (Å²) in [7, 11) is 0. The zero-order valence-corrected chi connectivity index (χ0v) is 17.6. The highest BCUT2D eigenvalue weighted by Gasteiger charge is 2.51. The minimum absolute atomic E-state index is 0.123. The van der Waals surface area contributed by atoms with Crippen LogP contribution in [-0.4, -0.2) is 39.6 Å². The Labute approximate surface area is 183 Å². The number of aliphatic hydroxyl groups excluding tert-OH is 1. The van der Waals surface area contributed by atoms with Crippen molar-refractivity contribution in [1.29, 1.82) is 5.26 Å². The van der Waals surface area contributed by atoms with Crippen LogP contribution in [0.15, 0.2) is 48.7 Å². The lowest BCUT2D eigenvalue weighted by molar-refractivity contribution is -0.146. The molecule has 3 atom stereocenters. The van der Waals surface area contributed by atoms with E-state index in [0.717, 1.165) is 11.1 Å². The number of nitriles is 1. The number of likely N-dealkylation sites (tertiary alicyclic amines) is 1. The van der Waals surface area contributed by atoms with E-state index in [0.29, 0.717) is 11.6 Å². The molecule has 2 fully saturated rings. The van der Waals surface area contributed by atoms with E-state index in [9.17, 15) is 15.2 Å². The Balaban J connectivity index is 1.45. The Morgan fingerprint density at radius 3 is 2.55 bits per heavy atom. The molecule has 1 aromatic carbocycles. The first-order valence-electron chi connectivity index (χ1n) is 11.0. The van der Waals surface area contributed by atoms with Crippen molar-refractivity contribution in [2.24, 2.45) is 5.92 Å². The molecule has 5 nitrogen and oxygen atoms in total. The van der Waals surface area contributed by atoms with E-state index < -0.39 is 12.1 Å². The van der Waals surface area contributed by atoms with Crippen LogP contribution < -0.4 is 0 Å². The van der Waals surface area contributed by atoms with Crippen molar-refractivity contribution in [1.82, 2.24) is 9.88 Å². The molecule has 4 rings (SSSR count). The van der Waals surface area contributed by atoms with E-state index in [2.05, 4.69) is 22.9 Å². The summed E-state index contributed by atoms with van der Waals surface area (Å²) in [5.74, 6) is 6.79. The van der Waals surface area contributed by atoms with Gasteiger partial charge in [-0.2, -0.15) is 5.26 Å². The Kier molecular flexibility index (Phi) is 6.65. The van der Waals surface area contributed by atoms with Gasteiger partial charge in [-0.15, -0.1) is 0 Å². The summed E-state index contributed by atoms with van der Waals surface area (Å²) in [5.41, 5.74) is 2.58. The summed E-state index contributed by atoms with van der Waals surface area (Å²) in [4.78, 5) is 18.5. The van der Waals surface area contributed by atoms with Crippen molar-refractivity contribution in [3.63, 3.8) is 0 Å². The second-order valence-corrected chi connectivity index (χ2v) is 8.37. The second kappa shape index (κ2) is 9.77. The quantitative estimate of drug-likeness (QED) is 0.779. The number of aliphatic hydroxyl groups is 1. The van der Waals surface area contributed by atoms with E-state index >= 15 is 0 Å². The zero-order valence-electron chi connectivity index (χ0n) is 17.6. The molecule has 2 aliphatic rings. The average Bonchev–Trinajstić information content (AvgIpc) is 2.80. The predicted octanol–water partition coefficient (Wildman–Crippen LogP) is 3.43. The lowest BCUT2D eigenvalue weighted by Gasteiger charge is -2.51. The number of hydrogen-bond donors (Lipinski definition) is 1. The highest BCUT2D eigenvalue weighted by Crippen LogP contribution is 2.40. The Hall–Kier alpha value is -3.15. The van der Waals surface area contributed by atoms with Gasteiger partial charge >= 0.3 is 0 Å². The van der Waals surface area contributed by atoms with Crippen molar-refractivity contribution >= 4 is 5.91 Å². The molecule has 1 aliphatic carbocycles. The van der Waals surface area contributed by atoms with Crippen LogP contribution in [0.25, 0.3) is 0 Å². The number of carbonyl (C=O) groups is 1. The molecule has 1 saturated carbocycles. The molecule has 1 saturated heterocycles. The van der Waals surface area contributed by atoms with Crippen LogP contribution in [0.4, 0.5) is 0 Å². The fourth-order valence-electron chi connectivity index (χ4n) is 4.72. The van der Waals surface area contributed by atoms with Gasteiger partial charge in [0.2, 0.25) is 5.91 Å². The summed E-state index contributed by atoms with van der Waals surface area (Å²) in [6, 6.07) is 14.6. The van der Waals surface area contributed by atoms with Crippen molar-refractivity contribution in [3.8, 4) is 17.9 Å². The maximum absolute atomic E-state index is 12.8. The molecule has 1 N–H and O–H groups in total. The second-order valence-electron chi connectivity index (χ2n) is 8.37. The zero-order chi connectivity index (χ0) is 21.6. The number of amides is 1. The van der Waals surface area contributed by atoms with Crippen molar-refractivity contribution in [2.75, 3.05) is 6.61 Å². The lowest BCUT2D eigenvalue weighted by Crippen LogP contribution is -2.65. The number of pyridine rings is 1. The van der Waals surface area contributed by atoms with Gasteiger partial charge < -0.3 is 10.0 Å². The molecule has 0 spiro atoms. The molecule has 158 valence electrons. The fraction of sp³-hybridized carbons (Fsp3) is 0.423. The maximum atomic E-state index is 12.8. The molecule has 0 unspecified atom stereocenters. The van der Waals surface area contributed by atoms with E-state index in [-0.39, 0.29) is 24.9 Å². The number of aromatic nitrogens is 1. The van der Waals surface area contributed by atoms with Crippen LogP contribution in [0.5, 0.6) is 0 Å². The molecule has 1 aromatic heterocycles. The van der Waals surface area contributed by atoms with E-state index in [1.165, 1.54) is 37.0 Å². The van der Waals surface area contributed by atoms with Crippen LogP contribution in [-0.2, 0) is 11.2 Å². The average molecular weight is 414 g/mol. The summed E-state index contributed by atoms with van der Waals surface area (Å²) in [6.07, 6.45) is 8.02. The van der Waals surface area contributed by atoms with Gasteiger partial charge in [0.05, 0.1) is 25.1 Å². The highest BCUT2D eigenvalue weighted by molar-refractivity contribution is 5.81. The normalized spacial score (nSPS) is 23.2. The van der Waals surface area contributed by atoms with Gasteiger partial charge in [0, 0.05) is 29.3 Å². The van der Waals surface area contributed by atoms with E-state index in [1.54, 1.807) is 18.3 Å². The van der Waals surface area contributed by atoms with Crippen molar-refractivity contribution in [3.05, 3.63) is 65.5 Å². The number of benzene rings is 1. The van der Waals surface area contributed by atoms with Crippen LogP contribution in [0.1, 0.15) is 54.8 Å². The lowest BCUT2D eigenvalue weighted by atomic mass is 9.75. The third kappa shape index (κ3) is 4.63. The highest BCUT2D eigenvalue weighted by atomic mass is 16.3. The first-order valence-corrected chi connectivity index (χ1v) is 11.0. The van der Waals surface area contributed by atoms with Crippen LogP contribution in [0.2, 0.25) is 0 Å². The molecular formula is C26H27N3O2. The molecule has 1 aliphatic heterocycles. The fourth-order valence-corrected chi connectivity index (χ4v) is 4.72. The Morgan fingerprint density at radius 2 is 1.90 bits per heavy atom. The minimum Gasteiger partial charge on any atom is -0.394 e. The summed E-state index contributed by atoms with van der Waals surface area (Å²) in [6.45, 7) is -0.181. The van der Waals surface area contributed by atoms with Gasteiger partial charge in [0.25, 0.3) is 0 Å². The first-order chi connectivity index (χ1) is 15.2. The Morgan fingerprint density at radius 1 is 1.13 bits per heavy atom. The van der Waals surface area contributed by atoms with Crippen LogP contribution in [0.3, 0.4) is 0 Å². The van der Waals surface area contributed by atoms with E-state index in [4.69, 9.17) is 0 Å². The van der Waals surface area contributed by atoms with Gasteiger partial charge in [-0.1, -0.05) is 49.3 Å². The molecule has 5 heteroatoms. The standard InChI is InChI=1S/C26H27N3O2/c27-17-23-26(24(18-30)29(23)25(31)16-22-8-4-5-15-28-22)21-13-11-20(12-14-21)10-9-19-6-2-1-3-7-19/h4-5,8,11-15,19,23-24,26,30H,1-3,6-7,16,18H2/t23-,24-,26+/m0/s1. The largest absolute Gasteiger partial charge is 0.394 e. The summed E-state index contributed by atoms with van der Waals surface area (Å²) >= 11 is 0.